The van der Waals surface area contributed by atoms with Gasteiger partial charge >= 0.3 is 0 Å². The minimum Gasteiger partial charge on any atom is -0.481 e. The largest absolute Gasteiger partial charge is 0.481 e. The van der Waals surface area contributed by atoms with Gasteiger partial charge in [0.15, 0.2) is 0 Å². The van der Waals surface area contributed by atoms with Crippen LogP contribution in [0.2, 0.25) is 0 Å². The van der Waals surface area contributed by atoms with Crippen LogP contribution in [0.25, 0.3) is 0 Å². The monoisotopic (exact) mass is 259 g/mol. The van der Waals surface area contributed by atoms with E-state index in [1.54, 1.807) is 20.3 Å². The van der Waals surface area contributed by atoms with Crippen molar-refractivity contribution >= 4 is 0 Å². The summed E-state index contributed by atoms with van der Waals surface area (Å²) in [6.45, 7) is 0. The lowest BCUT2D eigenvalue weighted by Gasteiger charge is -2.12. The Morgan fingerprint density at radius 3 is 2.16 bits per heavy atom. The lowest BCUT2D eigenvalue weighted by atomic mass is 10.0. The van der Waals surface area contributed by atoms with E-state index in [9.17, 15) is 0 Å². The third kappa shape index (κ3) is 3.42. The molecule has 5 heteroatoms. The highest BCUT2D eigenvalue weighted by Gasteiger charge is 2.11. The first-order chi connectivity index (χ1) is 9.22. The van der Waals surface area contributed by atoms with Gasteiger partial charge in [0.25, 0.3) is 0 Å². The number of methoxy groups -OCH3 is 2. The highest BCUT2D eigenvalue weighted by molar-refractivity contribution is 5.23. The number of rotatable bonds is 5. The molecule has 0 saturated carbocycles. The highest BCUT2D eigenvalue weighted by atomic mass is 16.5. The van der Waals surface area contributed by atoms with Crippen LogP contribution < -0.4 is 15.2 Å². The second kappa shape index (κ2) is 6.15. The van der Waals surface area contributed by atoms with Crippen molar-refractivity contribution in [3.05, 3.63) is 47.8 Å². The molecule has 19 heavy (non-hydrogen) atoms. The maximum Gasteiger partial charge on any atom is 0.220 e. The Morgan fingerprint density at radius 1 is 1.05 bits per heavy atom. The van der Waals surface area contributed by atoms with Crippen molar-refractivity contribution in [2.75, 3.05) is 14.2 Å². The molecule has 0 aliphatic carbocycles. The van der Waals surface area contributed by atoms with Crippen LogP contribution in [0.4, 0.5) is 0 Å². The first-order valence-electron chi connectivity index (χ1n) is 5.99. The normalized spacial score (nSPS) is 11.9. The van der Waals surface area contributed by atoms with Gasteiger partial charge in [0, 0.05) is 12.5 Å². The summed E-state index contributed by atoms with van der Waals surface area (Å²) in [6, 6.07) is 11.3. The number of aromatic nitrogens is 2. The molecule has 0 bridgehead atoms. The molecule has 0 spiro atoms. The van der Waals surface area contributed by atoms with E-state index in [-0.39, 0.29) is 6.04 Å². The standard InChI is InChI=1S/C14H17N3O2/c1-18-13-9-14(19-2)17-12(16-13)8-11(15)10-6-4-3-5-7-10/h3-7,9,11H,8,15H2,1-2H3. The zero-order valence-electron chi connectivity index (χ0n) is 11.0. The molecule has 2 aromatic rings. The second-order valence-electron chi connectivity index (χ2n) is 4.09. The summed E-state index contributed by atoms with van der Waals surface area (Å²) in [7, 11) is 3.12. The van der Waals surface area contributed by atoms with E-state index >= 15 is 0 Å². The Hall–Kier alpha value is -2.14. The molecular formula is C14H17N3O2. The molecule has 0 amide bonds. The highest BCUT2D eigenvalue weighted by Crippen LogP contribution is 2.19. The second-order valence-corrected chi connectivity index (χ2v) is 4.09. The van der Waals surface area contributed by atoms with Crippen molar-refractivity contribution in [1.82, 2.24) is 9.97 Å². The fraction of sp³-hybridized carbons (Fsp3) is 0.286. The van der Waals surface area contributed by atoms with Crippen LogP contribution in [0.1, 0.15) is 17.4 Å². The van der Waals surface area contributed by atoms with E-state index in [1.165, 1.54) is 0 Å². The van der Waals surface area contributed by atoms with Crippen LogP contribution >= 0.6 is 0 Å². The van der Waals surface area contributed by atoms with Gasteiger partial charge in [0.1, 0.15) is 5.82 Å². The summed E-state index contributed by atoms with van der Waals surface area (Å²) in [6.07, 6.45) is 0.525. The van der Waals surface area contributed by atoms with Gasteiger partial charge in [-0.25, -0.2) is 0 Å². The summed E-state index contributed by atoms with van der Waals surface area (Å²) in [5.41, 5.74) is 7.20. The molecule has 1 aromatic heterocycles. The molecule has 5 nitrogen and oxygen atoms in total. The predicted octanol–water partition coefficient (Wildman–Crippen LogP) is 1.74. The van der Waals surface area contributed by atoms with Crippen LogP contribution in [0.3, 0.4) is 0 Å². The summed E-state index contributed by atoms with van der Waals surface area (Å²) < 4.78 is 10.2. The topological polar surface area (TPSA) is 70.3 Å². The van der Waals surface area contributed by atoms with Gasteiger partial charge < -0.3 is 15.2 Å². The Bertz CT molecular complexity index is 509. The predicted molar refractivity (Wildman–Crippen MR) is 72.2 cm³/mol. The number of nitrogens with two attached hydrogens (primary N) is 1. The fourth-order valence-electron chi connectivity index (χ4n) is 1.76. The SMILES string of the molecule is COc1cc(OC)nc(CC(N)c2ccccc2)n1. The molecule has 0 aliphatic rings. The van der Waals surface area contributed by atoms with E-state index < -0.39 is 0 Å². The van der Waals surface area contributed by atoms with Crippen LogP contribution in [0, 0.1) is 0 Å². The van der Waals surface area contributed by atoms with E-state index in [2.05, 4.69) is 9.97 Å². The molecule has 0 saturated heterocycles. The van der Waals surface area contributed by atoms with E-state index in [4.69, 9.17) is 15.2 Å². The third-order valence-electron chi connectivity index (χ3n) is 2.77. The maximum atomic E-state index is 6.15. The average Bonchev–Trinajstić information content (AvgIpc) is 2.47. The summed E-state index contributed by atoms with van der Waals surface area (Å²) in [5.74, 6) is 1.55. The molecule has 2 rings (SSSR count). The number of ether oxygens (including phenoxy) is 2. The average molecular weight is 259 g/mol. The molecule has 1 unspecified atom stereocenters. The van der Waals surface area contributed by atoms with Gasteiger partial charge in [-0.15, -0.1) is 0 Å². The van der Waals surface area contributed by atoms with Crippen LogP contribution in [0.15, 0.2) is 36.4 Å². The van der Waals surface area contributed by atoms with Gasteiger partial charge in [-0.3, -0.25) is 0 Å². The molecular weight excluding hydrogens is 242 g/mol. The molecule has 2 N–H and O–H groups in total. The van der Waals surface area contributed by atoms with E-state index in [0.717, 1.165) is 5.56 Å². The molecule has 0 fully saturated rings. The quantitative estimate of drug-likeness (QED) is 0.885. The smallest absolute Gasteiger partial charge is 0.220 e. The number of benzene rings is 1. The summed E-state index contributed by atoms with van der Waals surface area (Å²) >= 11 is 0. The van der Waals surface area contributed by atoms with Crippen LogP contribution in [-0.2, 0) is 6.42 Å². The van der Waals surface area contributed by atoms with Crippen LogP contribution in [0.5, 0.6) is 11.8 Å². The van der Waals surface area contributed by atoms with Crippen molar-refractivity contribution < 1.29 is 9.47 Å². The van der Waals surface area contributed by atoms with Gasteiger partial charge in [0.2, 0.25) is 11.8 Å². The van der Waals surface area contributed by atoms with Gasteiger partial charge in [-0.1, -0.05) is 30.3 Å². The van der Waals surface area contributed by atoms with Gasteiger partial charge in [0.05, 0.1) is 20.3 Å². The Labute approximate surface area is 112 Å². The van der Waals surface area contributed by atoms with Crippen molar-refractivity contribution in [3.8, 4) is 11.8 Å². The summed E-state index contributed by atoms with van der Waals surface area (Å²) in [5, 5.41) is 0. The third-order valence-corrected chi connectivity index (χ3v) is 2.77. The minimum absolute atomic E-state index is 0.155. The van der Waals surface area contributed by atoms with Crippen LogP contribution in [-0.4, -0.2) is 24.2 Å². The minimum atomic E-state index is -0.155. The Balaban J connectivity index is 2.18. The molecule has 100 valence electrons. The number of hydrogen-bond acceptors (Lipinski definition) is 5. The van der Waals surface area contributed by atoms with Gasteiger partial charge in [-0.2, -0.15) is 9.97 Å². The maximum absolute atomic E-state index is 6.15. The van der Waals surface area contributed by atoms with Crippen molar-refractivity contribution in [2.24, 2.45) is 5.73 Å². The Morgan fingerprint density at radius 2 is 1.63 bits per heavy atom. The zero-order chi connectivity index (χ0) is 13.7. The lowest BCUT2D eigenvalue weighted by Crippen LogP contribution is -2.15. The number of hydrogen-bond donors (Lipinski definition) is 1. The molecule has 1 aromatic carbocycles. The van der Waals surface area contributed by atoms with E-state index in [1.807, 2.05) is 30.3 Å². The molecule has 0 aliphatic heterocycles. The number of nitrogens with zero attached hydrogens (tertiary/aromatic N) is 2. The first-order valence-corrected chi connectivity index (χ1v) is 5.99. The Kier molecular flexibility index (Phi) is 4.30. The molecule has 1 atom stereocenters. The van der Waals surface area contributed by atoms with Crippen molar-refractivity contribution in [1.29, 1.82) is 0 Å². The molecule has 0 radical (unpaired) electrons. The fourth-order valence-corrected chi connectivity index (χ4v) is 1.76. The lowest BCUT2D eigenvalue weighted by molar-refractivity contribution is 0.367. The van der Waals surface area contributed by atoms with E-state index in [0.29, 0.717) is 24.0 Å². The molecule has 1 heterocycles. The van der Waals surface area contributed by atoms with Crippen molar-refractivity contribution in [3.63, 3.8) is 0 Å². The van der Waals surface area contributed by atoms with Gasteiger partial charge in [-0.05, 0) is 5.56 Å². The van der Waals surface area contributed by atoms with Crippen molar-refractivity contribution in [2.45, 2.75) is 12.5 Å². The summed E-state index contributed by atoms with van der Waals surface area (Å²) in [4.78, 5) is 8.54. The first kappa shape index (κ1) is 13.3. The zero-order valence-corrected chi connectivity index (χ0v) is 11.0.